The van der Waals surface area contributed by atoms with Crippen molar-refractivity contribution in [3.05, 3.63) is 40.9 Å². The highest BCUT2D eigenvalue weighted by Crippen LogP contribution is 2.20. The second-order valence-electron chi connectivity index (χ2n) is 5.67. The van der Waals surface area contributed by atoms with Gasteiger partial charge < -0.3 is 10.1 Å². The minimum absolute atomic E-state index is 0.0836. The third-order valence-corrected chi connectivity index (χ3v) is 5.21. The molecule has 0 unspecified atom stereocenters. The van der Waals surface area contributed by atoms with Gasteiger partial charge >= 0.3 is 5.97 Å². The first-order valence-electron chi connectivity index (χ1n) is 8.43. The molecule has 3 aromatic rings. The number of anilines is 1. The summed E-state index contributed by atoms with van der Waals surface area (Å²) in [6.45, 7) is 4.07. The molecule has 0 aliphatic heterocycles. The molecule has 0 saturated carbocycles. The average molecular weight is 419 g/mol. The van der Waals surface area contributed by atoms with E-state index in [0.29, 0.717) is 22.6 Å². The number of aromatic nitrogens is 5. The molecule has 0 aliphatic carbocycles. The summed E-state index contributed by atoms with van der Waals surface area (Å²) in [5.74, 6) is -0.455. The third-order valence-electron chi connectivity index (χ3n) is 3.48. The van der Waals surface area contributed by atoms with Gasteiger partial charge in [-0.2, -0.15) is 4.68 Å². The Morgan fingerprint density at radius 3 is 2.82 bits per heavy atom. The van der Waals surface area contributed by atoms with E-state index in [-0.39, 0.29) is 24.1 Å². The van der Waals surface area contributed by atoms with Gasteiger partial charge in [-0.3, -0.25) is 9.59 Å². The van der Waals surface area contributed by atoms with Gasteiger partial charge in [-0.25, -0.2) is 4.98 Å². The fourth-order valence-electron chi connectivity index (χ4n) is 2.21. The molecular weight excluding hydrogens is 400 g/mol. The van der Waals surface area contributed by atoms with Crippen molar-refractivity contribution in [3.8, 4) is 5.69 Å². The van der Waals surface area contributed by atoms with E-state index in [4.69, 9.17) is 4.74 Å². The number of benzene rings is 1. The fraction of sp³-hybridized carbons (Fsp3) is 0.294. The van der Waals surface area contributed by atoms with Gasteiger partial charge in [0.05, 0.1) is 30.2 Å². The van der Waals surface area contributed by atoms with Gasteiger partial charge in [0, 0.05) is 5.38 Å². The Bertz CT molecular complexity index is 954. The molecule has 0 aliphatic rings. The first-order chi connectivity index (χ1) is 13.5. The number of hydrogen-bond acceptors (Lipinski definition) is 9. The smallest absolute Gasteiger partial charge is 0.311 e. The van der Waals surface area contributed by atoms with Crippen LogP contribution >= 0.6 is 23.1 Å². The van der Waals surface area contributed by atoms with Gasteiger partial charge in [0.25, 0.3) is 0 Å². The van der Waals surface area contributed by atoms with Crippen LogP contribution in [0.1, 0.15) is 18.2 Å². The second kappa shape index (κ2) is 9.42. The second-order valence-corrected chi connectivity index (χ2v) is 7.47. The molecule has 0 saturated heterocycles. The summed E-state index contributed by atoms with van der Waals surface area (Å²) in [6.07, 6.45) is 0.0836. The predicted molar refractivity (Wildman–Crippen MR) is 106 cm³/mol. The van der Waals surface area contributed by atoms with Crippen molar-refractivity contribution in [1.82, 2.24) is 25.2 Å². The SMILES string of the molecule is CCOC(=O)Cc1csc(NC(=O)CSc2nnnn2-c2ccc(C)cc2)n1. The lowest BCUT2D eigenvalue weighted by Crippen LogP contribution is -2.15. The van der Waals surface area contributed by atoms with Crippen molar-refractivity contribution in [2.24, 2.45) is 0 Å². The highest BCUT2D eigenvalue weighted by atomic mass is 32.2. The lowest BCUT2D eigenvalue weighted by molar-refractivity contribution is -0.142. The molecule has 1 amide bonds. The molecule has 3 rings (SSSR count). The van der Waals surface area contributed by atoms with Gasteiger partial charge in [0.1, 0.15) is 0 Å². The highest BCUT2D eigenvalue weighted by Gasteiger charge is 2.14. The maximum Gasteiger partial charge on any atom is 0.311 e. The molecule has 1 aromatic carbocycles. The average Bonchev–Trinajstić information content (AvgIpc) is 3.30. The molecule has 0 bridgehead atoms. The summed E-state index contributed by atoms with van der Waals surface area (Å²) >= 11 is 2.48. The predicted octanol–water partition coefficient (Wildman–Crippen LogP) is 2.26. The van der Waals surface area contributed by atoms with Crippen LogP contribution < -0.4 is 5.32 Å². The summed E-state index contributed by atoms with van der Waals surface area (Å²) in [5.41, 5.74) is 2.52. The van der Waals surface area contributed by atoms with Gasteiger partial charge in [0.2, 0.25) is 11.1 Å². The molecule has 146 valence electrons. The Morgan fingerprint density at radius 2 is 2.07 bits per heavy atom. The largest absolute Gasteiger partial charge is 0.466 e. The number of amides is 1. The highest BCUT2D eigenvalue weighted by molar-refractivity contribution is 7.99. The van der Waals surface area contributed by atoms with Crippen LogP contribution in [-0.2, 0) is 20.7 Å². The van der Waals surface area contributed by atoms with Crippen LogP contribution in [0.25, 0.3) is 5.69 Å². The van der Waals surface area contributed by atoms with E-state index in [9.17, 15) is 9.59 Å². The number of esters is 1. The normalized spacial score (nSPS) is 10.6. The first kappa shape index (κ1) is 20.0. The Morgan fingerprint density at radius 1 is 1.29 bits per heavy atom. The quantitative estimate of drug-likeness (QED) is 0.438. The van der Waals surface area contributed by atoms with Gasteiger partial charge in [-0.1, -0.05) is 29.5 Å². The van der Waals surface area contributed by atoms with Crippen molar-refractivity contribution in [2.75, 3.05) is 17.7 Å². The van der Waals surface area contributed by atoms with E-state index in [2.05, 4.69) is 25.8 Å². The zero-order valence-electron chi connectivity index (χ0n) is 15.3. The number of nitrogens with zero attached hydrogens (tertiary/aromatic N) is 5. The van der Waals surface area contributed by atoms with Crippen LogP contribution in [0.15, 0.2) is 34.8 Å². The van der Waals surface area contributed by atoms with Crippen LogP contribution in [0.5, 0.6) is 0 Å². The standard InChI is InChI=1S/C17H18N6O3S2/c1-3-26-15(25)8-12-9-27-16(18-12)19-14(24)10-28-17-20-21-22-23(17)13-6-4-11(2)5-7-13/h4-7,9H,3,8,10H2,1-2H3,(H,18,19,24). The van der Waals surface area contributed by atoms with Gasteiger partial charge in [-0.05, 0) is 36.4 Å². The van der Waals surface area contributed by atoms with Crippen molar-refractivity contribution >= 4 is 40.1 Å². The van der Waals surface area contributed by atoms with Gasteiger partial charge in [-0.15, -0.1) is 16.4 Å². The number of aryl methyl sites for hydroxylation is 1. The lowest BCUT2D eigenvalue weighted by Gasteiger charge is -2.04. The zero-order valence-corrected chi connectivity index (χ0v) is 16.9. The summed E-state index contributed by atoms with van der Waals surface area (Å²) in [4.78, 5) is 27.9. The molecule has 0 fully saturated rings. The summed E-state index contributed by atoms with van der Waals surface area (Å²) in [7, 11) is 0. The van der Waals surface area contributed by atoms with Crippen molar-refractivity contribution in [2.45, 2.75) is 25.4 Å². The molecule has 0 radical (unpaired) electrons. The van der Waals surface area contributed by atoms with E-state index < -0.39 is 0 Å². The van der Waals surface area contributed by atoms with Crippen LogP contribution in [-0.4, -0.2) is 49.4 Å². The third kappa shape index (κ3) is 5.36. The molecule has 11 heteroatoms. The number of ether oxygens (including phenoxy) is 1. The van der Waals surface area contributed by atoms with Crippen LogP contribution in [0.3, 0.4) is 0 Å². The monoisotopic (exact) mass is 418 g/mol. The summed E-state index contributed by atoms with van der Waals surface area (Å²) in [6, 6.07) is 7.76. The topological polar surface area (TPSA) is 112 Å². The summed E-state index contributed by atoms with van der Waals surface area (Å²) in [5, 5.41) is 17.0. The number of thiazole rings is 1. The van der Waals surface area contributed by atoms with Crippen molar-refractivity contribution in [1.29, 1.82) is 0 Å². The molecular formula is C17H18N6O3S2. The molecule has 0 spiro atoms. The van der Waals surface area contributed by atoms with E-state index in [1.165, 1.54) is 23.1 Å². The van der Waals surface area contributed by atoms with E-state index >= 15 is 0 Å². The molecule has 1 N–H and O–H groups in total. The first-order valence-corrected chi connectivity index (χ1v) is 10.3. The molecule has 0 atom stereocenters. The van der Waals surface area contributed by atoms with E-state index in [0.717, 1.165) is 11.3 Å². The number of hydrogen-bond donors (Lipinski definition) is 1. The van der Waals surface area contributed by atoms with Gasteiger partial charge in [0.15, 0.2) is 5.13 Å². The maximum absolute atomic E-state index is 12.2. The minimum atomic E-state index is -0.343. The molecule has 9 nitrogen and oxygen atoms in total. The Hall–Kier alpha value is -2.79. The zero-order chi connectivity index (χ0) is 19.9. The molecule has 2 aromatic heterocycles. The number of thioether (sulfide) groups is 1. The molecule has 28 heavy (non-hydrogen) atoms. The number of rotatable bonds is 8. The number of carbonyl (C=O) groups is 2. The van der Waals surface area contributed by atoms with E-state index in [1.54, 1.807) is 17.0 Å². The number of carbonyl (C=O) groups excluding carboxylic acids is 2. The Kier molecular flexibility index (Phi) is 6.71. The Balaban J connectivity index is 1.54. The molecule has 2 heterocycles. The van der Waals surface area contributed by atoms with Crippen LogP contribution in [0, 0.1) is 6.92 Å². The van der Waals surface area contributed by atoms with E-state index in [1.807, 2.05) is 31.2 Å². The lowest BCUT2D eigenvalue weighted by atomic mass is 10.2. The minimum Gasteiger partial charge on any atom is -0.466 e. The van der Waals surface area contributed by atoms with Crippen molar-refractivity contribution in [3.63, 3.8) is 0 Å². The van der Waals surface area contributed by atoms with Crippen LogP contribution in [0.2, 0.25) is 0 Å². The fourth-order valence-corrected chi connectivity index (χ4v) is 3.63. The Labute approximate surface area is 169 Å². The summed E-state index contributed by atoms with van der Waals surface area (Å²) < 4.78 is 6.47. The number of tetrazole rings is 1. The van der Waals surface area contributed by atoms with Crippen molar-refractivity contribution < 1.29 is 14.3 Å². The van der Waals surface area contributed by atoms with Crippen LogP contribution in [0.4, 0.5) is 5.13 Å². The number of nitrogens with one attached hydrogen (secondary N) is 1. The maximum atomic E-state index is 12.2.